The fourth-order valence-corrected chi connectivity index (χ4v) is 3.80. The monoisotopic (exact) mass is 506 g/mol. The van der Waals surface area contributed by atoms with Crippen LogP contribution in [-0.4, -0.2) is 17.4 Å². The smallest absolute Gasteiger partial charge is 0.223 e. The van der Waals surface area contributed by atoms with Gasteiger partial charge in [-0.05, 0) is 40.5 Å². The molecule has 0 spiro atoms. The van der Waals surface area contributed by atoms with E-state index < -0.39 is 0 Å². The molecule has 0 aromatic heterocycles. The Kier molecular flexibility index (Phi) is 17.0. The van der Waals surface area contributed by atoms with Gasteiger partial charge in [-0.3, -0.25) is 4.79 Å². The summed E-state index contributed by atoms with van der Waals surface area (Å²) in [7, 11) is 0. The molecule has 3 heteroatoms. The molecule has 0 radical (unpaired) electrons. The predicted octanol–water partition coefficient (Wildman–Crippen LogP) is 9.04. The van der Waals surface area contributed by atoms with E-state index in [2.05, 4.69) is 98.2 Å². The third-order valence-corrected chi connectivity index (χ3v) is 5.79. The van der Waals surface area contributed by atoms with E-state index in [4.69, 9.17) is 0 Å². The number of carbonyl (C=O) groups is 1. The third-order valence-electron chi connectivity index (χ3n) is 5.79. The minimum atomic E-state index is -0.0985. The van der Waals surface area contributed by atoms with E-state index in [0.29, 0.717) is 13.0 Å². The van der Waals surface area contributed by atoms with Crippen molar-refractivity contribution in [3.8, 4) is 0 Å². The molecule has 2 aromatic carbocycles. The van der Waals surface area contributed by atoms with Crippen LogP contribution < -0.4 is 5.32 Å². The first-order valence-electron chi connectivity index (χ1n) is 14.3. The van der Waals surface area contributed by atoms with Crippen LogP contribution in [0.3, 0.4) is 0 Å². The lowest BCUT2D eigenvalue weighted by Gasteiger charge is -2.33. The first-order chi connectivity index (χ1) is 17.7. The predicted molar refractivity (Wildman–Crippen MR) is 164 cm³/mol. The Balaban J connectivity index is 0.00000201. The summed E-state index contributed by atoms with van der Waals surface area (Å²) in [6.07, 6.45) is 6.08. The number of carbonyl (C=O) groups excluding carboxylic acids is 1. The summed E-state index contributed by atoms with van der Waals surface area (Å²) in [6, 6.07) is 17.0. The average Bonchev–Trinajstić information content (AvgIpc) is 2.93. The number of nitrogens with one attached hydrogen (secondary N) is 1. The van der Waals surface area contributed by atoms with Crippen LogP contribution >= 0.6 is 0 Å². The molecule has 3 rings (SSSR count). The third kappa shape index (κ3) is 12.8. The van der Waals surface area contributed by atoms with Gasteiger partial charge in [-0.2, -0.15) is 0 Å². The molecule has 3 nitrogen and oxygen atoms in total. The zero-order valence-corrected chi connectivity index (χ0v) is 25.4. The van der Waals surface area contributed by atoms with Crippen molar-refractivity contribution in [3.05, 3.63) is 89.1 Å². The minimum absolute atomic E-state index is 0.0789. The number of benzene rings is 2. The Hall–Kier alpha value is -2.81. The average molecular weight is 507 g/mol. The fraction of sp³-hybridized carbons (Fsp3) is 0.500. The van der Waals surface area contributed by atoms with E-state index in [9.17, 15) is 4.79 Å². The van der Waals surface area contributed by atoms with Gasteiger partial charge < -0.3 is 10.2 Å². The van der Waals surface area contributed by atoms with Crippen molar-refractivity contribution in [3.63, 3.8) is 0 Å². The highest BCUT2D eigenvalue weighted by molar-refractivity contribution is 5.78. The van der Waals surface area contributed by atoms with Gasteiger partial charge in [0.2, 0.25) is 5.91 Å². The lowest BCUT2D eigenvalue weighted by molar-refractivity contribution is -0.124. The Bertz CT molecular complexity index is 935. The number of amides is 1. The molecule has 0 saturated heterocycles. The second-order valence-corrected chi connectivity index (χ2v) is 9.77. The maximum Gasteiger partial charge on any atom is 0.223 e. The van der Waals surface area contributed by atoms with Gasteiger partial charge in [0.25, 0.3) is 0 Å². The normalized spacial score (nSPS) is 13.0. The molecule has 37 heavy (non-hydrogen) atoms. The first kappa shape index (κ1) is 34.2. The molecule has 0 fully saturated rings. The van der Waals surface area contributed by atoms with Crippen molar-refractivity contribution >= 4 is 12.0 Å². The van der Waals surface area contributed by atoms with Gasteiger partial charge in [0, 0.05) is 31.2 Å². The summed E-state index contributed by atoms with van der Waals surface area (Å²) in [6.45, 7) is 27.2. The van der Waals surface area contributed by atoms with Crippen LogP contribution in [0, 0.1) is 11.3 Å². The number of fused-ring (bicyclic) bond motifs is 1. The Labute approximate surface area is 229 Å². The first-order valence-corrected chi connectivity index (χ1v) is 14.3. The maximum atomic E-state index is 12.6. The van der Waals surface area contributed by atoms with Crippen molar-refractivity contribution in [1.82, 2.24) is 10.2 Å². The highest BCUT2D eigenvalue weighted by Gasteiger charge is 2.20. The number of rotatable bonds is 7. The van der Waals surface area contributed by atoms with Crippen molar-refractivity contribution in [2.45, 2.75) is 95.2 Å². The molecule has 1 heterocycles. The van der Waals surface area contributed by atoms with Gasteiger partial charge in [-0.1, -0.05) is 136 Å². The molecule has 1 N–H and O–H groups in total. The van der Waals surface area contributed by atoms with Gasteiger partial charge in [-0.25, -0.2) is 0 Å². The molecule has 1 unspecified atom stereocenters. The molecule has 0 bridgehead atoms. The molecule has 2 aromatic rings. The molecule has 1 amide bonds. The number of hydrogen-bond acceptors (Lipinski definition) is 2. The Morgan fingerprint density at radius 1 is 0.973 bits per heavy atom. The Morgan fingerprint density at radius 3 is 2.11 bits per heavy atom. The summed E-state index contributed by atoms with van der Waals surface area (Å²) >= 11 is 0. The van der Waals surface area contributed by atoms with Crippen LogP contribution in [0.5, 0.6) is 0 Å². The van der Waals surface area contributed by atoms with E-state index in [1.165, 1.54) is 16.7 Å². The molecule has 0 aliphatic carbocycles. The largest absolute Gasteiger partial charge is 0.371 e. The second-order valence-electron chi connectivity index (χ2n) is 9.77. The molecular formula is C34H54N2O. The van der Waals surface area contributed by atoms with Crippen LogP contribution in [0.2, 0.25) is 0 Å². The van der Waals surface area contributed by atoms with Crippen LogP contribution in [-0.2, 0) is 24.3 Å². The van der Waals surface area contributed by atoms with E-state index in [0.717, 1.165) is 30.8 Å². The van der Waals surface area contributed by atoms with Crippen LogP contribution in [0.1, 0.15) is 97.9 Å². The van der Waals surface area contributed by atoms with E-state index in [1.807, 2.05) is 48.5 Å². The highest BCUT2D eigenvalue weighted by Crippen LogP contribution is 2.24. The Morgan fingerprint density at radius 2 is 1.54 bits per heavy atom. The summed E-state index contributed by atoms with van der Waals surface area (Å²) < 4.78 is 0. The lowest BCUT2D eigenvalue weighted by atomic mass is 9.95. The zero-order chi connectivity index (χ0) is 28.4. The van der Waals surface area contributed by atoms with Crippen molar-refractivity contribution < 1.29 is 4.79 Å². The number of allylic oxidation sites excluding steroid dienone is 2. The van der Waals surface area contributed by atoms with E-state index in [-0.39, 0.29) is 17.2 Å². The molecule has 0 saturated carbocycles. The van der Waals surface area contributed by atoms with Gasteiger partial charge >= 0.3 is 0 Å². The molecule has 1 aliphatic rings. The molecule has 1 aliphatic heterocycles. The quantitative estimate of drug-likeness (QED) is 0.406. The fourth-order valence-electron chi connectivity index (χ4n) is 3.80. The topological polar surface area (TPSA) is 32.3 Å². The van der Waals surface area contributed by atoms with E-state index in [1.54, 1.807) is 0 Å². The van der Waals surface area contributed by atoms with E-state index >= 15 is 0 Å². The van der Waals surface area contributed by atoms with Gasteiger partial charge in [-0.15, -0.1) is 0 Å². The van der Waals surface area contributed by atoms with Crippen LogP contribution in [0.25, 0.3) is 6.08 Å². The maximum absolute atomic E-state index is 12.6. The van der Waals surface area contributed by atoms with Crippen molar-refractivity contribution in [1.29, 1.82) is 0 Å². The van der Waals surface area contributed by atoms with Gasteiger partial charge in [0.15, 0.2) is 0 Å². The summed E-state index contributed by atoms with van der Waals surface area (Å²) in [5, 5.41) is 3.08. The number of hydrogen-bond donors (Lipinski definition) is 1. The summed E-state index contributed by atoms with van der Waals surface area (Å²) in [5.74, 6) is -0.0195. The summed E-state index contributed by atoms with van der Waals surface area (Å²) in [4.78, 5) is 14.9. The van der Waals surface area contributed by atoms with Crippen LogP contribution in [0.4, 0.5) is 0 Å². The van der Waals surface area contributed by atoms with Crippen LogP contribution in [0.15, 0.2) is 66.9 Å². The second kappa shape index (κ2) is 18.4. The number of nitrogens with zero attached hydrogens (tertiary/aromatic N) is 1. The SMILES string of the molecule is C=C(CC(C)C(=O)NCc1ccc(/C=C/C(C)(C)C)cc1)N1CCc2ccccc2C1.CC.CC.CC. The van der Waals surface area contributed by atoms with Gasteiger partial charge in [0.05, 0.1) is 0 Å². The van der Waals surface area contributed by atoms with Gasteiger partial charge in [0.1, 0.15) is 0 Å². The zero-order valence-electron chi connectivity index (χ0n) is 25.4. The van der Waals surface area contributed by atoms with Crippen molar-refractivity contribution in [2.75, 3.05) is 6.54 Å². The summed E-state index contributed by atoms with van der Waals surface area (Å²) in [5.41, 5.74) is 6.31. The standard InChI is InChI=1S/C28H36N2O.3C2H6/c1-21(18-22(2)30-17-15-25-8-6-7-9-26(25)20-30)27(31)29-19-24-12-10-23(11-13-24)14-16-28(3,4)5;3*1-2/h6-14,16,21H,2,15,17-20H2,1,3-5H3,(H,29,31);3*1-2H3/b16-14+;;;. The lowest BCUT2D eigenvalue weighted by Crippen LogP contribution is -2.33. The molecule has 1 atom stereocenters. The molecular weight excluding hydrogens is 452 g/mol. The highest BCUT2D eigenvalue weighted by atomic mass is 16.1. The minimum Gasteiger partial charge on any atom is -0.371 e. The molecule has 206 valence electrons. The van der Waals surface area contributed by atoms with Crippen molar-refractivity contribution in [2.24, 2.45) is 11.3 Å².